The minimum atomic E-state index is -1.37. The van der Waals surface area contributed by atoms with Crippen molar-refractivity contribution in [2.75, 3.05) is 0 Å². The van der Waals surface area contributed by atoms with Gasteiger partial charge in [0.05, 0.1) is 6.42 Å². The molecule has 0 spiro atoms. The molecule has 0 aromatic carbocycles. The van der Waals surface area contributed by atoms with Crippen LogP contribution in [0.2, 0.25) is 19.6 Å². The summed E-state index contributed by atoms with van der Waals surface area (Å²) < 4.78 is 5.59. The van der Waals surface area contributed by atoms with Crippen molar-refractivity contribution in [1.82, 2.24) is 0 Å². The molecule has 82 valence electrons. The van der Waals surface area contributed by atoms with E-state index in [0.29, 0.717) is 6.42 Å². The van der Waals surface area contributed by atoms with Crippen LogP contribution >= 0.6 is 0 Å². The van der Waals surface area contributed by atoms with Crippen molar-refractivity contribution in [2.45, 2.75) is 45.5 Å². The van der Waals surface area contributed by atoms with Crippen LogP contribution in [0.25, 0.3) is 0 Å². The van der Waals surface area contributed by atoms with Gasteiger partial charge in [-0.2, -0.15) is 0 Å². The highest BCUT2D eigenvalue weighted by Gasteiger charge is 2.19. The van der Waals surface area contributed by atoms with Gasteiger partial charge in [0.2, 0.25) is 0 Å². The van der Waals surface area contributed by atoms with Crippen LogP contribution in [0.5, 0.6) is 0 Å². The normalized spacial score (nSPS) is 21.2. The Kier molecular flexibility index (Phi) is 3.76. The van der Waals surface area contributed by atoms with Gasteiger partial charge in [-0.3, -0.25) is 4.79 Å². The van der Waals surface area contributed by atoms with Crippen LogP contribution in [0.3, 0.4) is 0 Å². The summed E-state index contributed by atoms with van der Waals surface area (Å²) in [5, 5.41) is 0. The lowest BCUT2D eigenvalue weighted by Gasteiger charge is -2.19. The van der Waals surface area contributed by atoms with E-state index in [4.69, 9.17) is 4.74 Å². The Hall–Kier alpha value is -1.01. The Balaban J connectivity index is 2.70. The molecule has 1 aliphatic rings. The fourth-order valence-electron chi connectivity index (χ4n) is 1.24. The lowest BCUT2D eigenvalue weighted by atomic mass is 10.1. The summed E-state index contributed by atoms with van der Waals surface area (Å²) in [4.78, 5) is 11.4. The number of hydrogen-bond donors (Lipinski definition) is 0. The van der Waals surface area contributed by atoms with Gasteiger partial charge in [0.15, 0.2) is 11.9 Å². The molecule has 0 saturated heterocycles. The molecule has 2 nitrogen and oxygen atoms in total. The maximum atomic E-state index is 11.4. The molecule has 1 atom stereocenters. The average molecular weight is 222 g/mol. The standard InChI is InChI=1S/C12H18O2Si/c1-5-11-8-10(13)9-12(14-11)6-7-15(2,3)4/h8,12H,5,9H2,1-4H3/t12-/m0/s1. The molecule has 0 aliphatic carbocycles. The van der Waals surface area contributed by atoms with Gasteiger partial charge in [0.25, 0.3) is 0 Å². The zero-order valence-corrected chi connectivity index (χ0v) is 10.9. The summed E-state index contributed by atoms with van der Waals surface area (Å²) in [5.74, 6) is 3.98. The third-order valence-electron chi connectivity index (χ3n) is 1.96. The molecule has 3 heteroatoms. The molecule has 1 aliphatic heterocycles. The maximum absolute atomic E-state index is 11.4. The number of carbonyl (C=O) groups excluding carboxylic acids is 1. The SMILES string of the molecule is CCC1=CC(=O)C[C@H](C#C[Si](C)(C)C)O1. The molecule has 0 saturated carbocycles. The Morgan fingerprint density at radius 2 is 2.20 bits per heavy atom. The van der Waals surface area contributed by atoms with E-state index in [0.717, 1.165) is 12.2 Å². The highest BCUT2D eigenvalue weighted by molar-refractivity contribution is 6.83. The second-order valence-electron chi connectivity index (χ2n) is 4.76. The monoisotopic (exact) mass is 222 g/mol. The van der Waals surface area contributed by atoms with Crippen molar-refractivity contribution in [3.63, 3.8) is 0 Å². The fraction of sp³-hybridized carbons (Fsp3) is 0.583. The molecule has 1 rings (SSSR count). The molecular weight excluding hydrogens is 204 g/mol. The summed E-state index contributed by atoms with van der Waals surface area (Å²) in [6.07, 6.45) is 2.54. The molecule has 0 aromatic heterocycles. The first-order valence-corrected chi connectivity index (χ1v) is 8.83. The topological polar surface area (TPSA) is 26.3 Å². The second kappa shape index (κ2) is 4.67. The van der Waals surface area contributed by atoms with Gasteiger partial charge >= 0.3 is 0 Å². The predicted octanol–water partition coefficient (Wildman–Crippen LogP) is 2.52. The number of ether oxygens (including phenoxy) is 1. The summed E-state index contributed by atoms with van der Waals surface area (Å²) in [5.41, 5.74) is 3.24. The van der Waals surface area contributed by atoms with E-state index in [9.17, 15) is 4.79 Å². The van der Waals surface area contributed by atoms with E-state index in [2.05, 4.69) is 31.1 Å². The van der Waals surface area contributed by atoms with Gasteiger partial charge in [-0.15, -0.1) is 5.54 Å². The fourth-order valence-corrected chi connectivity index (χ4v) is 1.84. The van der Waals surface area contributed by atoms with Crippen molar-refractivity contribution in [3.05, 3.63) is 11.8 Å². The van der Waals surface area contributed by atoms with Crippen LogP contribution in [0.4, 0.5) is 0 Å². The van der Waals surface area contributed by atoms with Crippen LogP contribution in [0.15, 0.2) is 11.8 Å². The maximum Gasteiger partial charge on any atom is 0.165 e. The zero-order valence-electron chi connectivity index (χ0n) is 9.89. The molecule has 0 radical (unpaired) electrons. The van der Waals surface area contributed by atoms with Gasteiger partial charge < -0.3 is 4.74 Å². The molecule has 0 unspecified atom stereocenters. The van der Waals surface area contributed by atoms with Gasteiger partial charge in [-0.25, -0.2) is 0 Å². The molecule has 0 bridgehead atoms. The number of carbonyl (C=O) groups is 1. The van der Waals surface area contributed by atoms with Crippen molar-refractivity contribution in [3.8, 4) is 11.5 Å². The molecule has 0 aromatic rings. The number of ketones is 1. The Morgan fingerprint density at radius 1 is 1.53 bits per heavy atom. The van der Waals surface area contributed by atoms with Crippen LogP contribution in [-0.4, -0.2) is 20.0 Å². The molecular formula is C12H18O2Si. The number of hydrogen-bond acceptors (Lipinski definition) is 2. The van der Waals surface area contributed by atoms with E-state index in [1.807, 2.05) is 6.92 Å². The third-order valence-corrected chi connectivity index (χ3v) is 2.85. The first kappa shape index (κ1) is 12.1. The largest absolute Gasteiger partial charge is 0.482 e. The van der Waals surface area contributed by atoms with Gasteiger partial charge in [0, 0.05) is 12.5 Å². The Bertz CT molecular complexity index is 339. The molecule has 0 fully saturated rings. The lowest BCUT2D eigenvalue weighted by molar-refractivity contribution is -0.117. The first-order valence-electron chi connectivity index (χ1n) is 5.33. The third kappa shape index (κ3) is 4.35. The first-order chi connectivity index (χ1) is 6.90. The summed E-state index contributed by atoms with van der Waals surface area (Å²) in [6.45, 7) is 8.52. The molecule has 15 heavy (non-hydrogen) atoms. The van der Waals surface area contributed by atoms with Crippen LogP contribution in [-0.2, 0) is 9.53 Å². The Labute approximate surface area is 92.7 Å². The van der Waals surface area contributed by atoms with Gasteiger partial charge in [0.1, 0.15) is 13.8 Å². The summed E-state index contributed by atoms with van der Waals surface area (Å²) >= 11 is 0. The highest BCUT2D eigenvalue weighted by atomic mass is 28.3. The van der Waals surface area contributed by atoms with E-state index in [1.54, 1.807) is 6.08 Å². The van der Waals surface area contributed by atoms with Gasteiger partial charge in [-0.1, -0.05) is 32.5 Å². The van der Waals surface area contributed by atoms with Crippen LogP contribution in [0, 0.1) is 11.5 Å². The van der Waals surface area contributed by atoms with Crippen molar-refractivity contribution < 1.29 is 9.53 Å². The van der Waals surface area contributed by atoms with E-state index in [-0.39, 0.29) is 11.9 Å². The number of allylic oxidation sites excluding steroid dienone is 2. The van der Waals surface area contributed by atoms with E-state index in [1.165, 1.54) is 0 Å². The molecule has 1 heterocycles. The highest BCUT2D eigenvalue weighted by Crippen LogP contribution is 2.16. The quantitative estimate of drug-likeness (QED) is 0.503. The predicted molar refractivity (Wildman–Crippen MR) is 64.0 cm³/mol. The summed E-state index contributed by atoms with van der Waals surface area (Å²) in [6, 6.07) is 0. The lowest BCUT2D eigenvalue weighted by Crippen LogP contribution is -2.23. The van der Waals surface area contributed by atoms with Crippen LogP contribution < -0.4 is 0 Å². The van der Waals surface area contributed by atoms with Crippen molar-refractivity contribution >= 4 is 13.9 Å². The van der Waals surface area contributed by atoms with Crippen molar-refractivity contribution in [1.29, 1.82) is 0 Å². The van der Waals surface area contributed by atoms with E-state index >= 15 is 0 Å². The molecule has 0 amide bonds. The van der Waals surface area contributed by atoms with Crippen molar-refractivity contribution in [2.24, 2.45) is 0 Å². The number of rotatable bonds is 1. The Morgan fingerprint density at radius 3 is 2.73 bits per heavy atom. The minimum absolute atomic E-state index is 0.132. The summed E-state index contributed by atoms with van der Waals surface area (Å²) in [7, 11) is -1.37. The minimum Gasteiger partial charge on any atom is -0.482 e. The van der Waals surface area contributed by atoms with E-state index < -0.39 is 8.07 Å². The zero-order chi connectivity index (χ0) is 11.5. The van der Waals surface area contributed by atoms with Gasteiger partial charge in [-0.05, 0) is 0 Å². The van der Waals surface area contributed by atoms with Crippen LogP contribution in [0.1, 0.15) is 19.8 Å². The second-order valence-corrected chi connectivity index (χ2v) is 9.51. The average Bonchev–Trinajstić information content (AvgIpc) is 2.13. The molecule has 0 N–H and O–H groups in total. The smallest absolute Gasteiger partial charge is 0.165 e.